The minimum Gasteiger partial charge on any atom is -0.443 e. The lowest BCUT2D eigenvalue weighted by atomic mass is 10.0. The molecule has 1 N–H and O–H groups in total. The van der Waals surface area contributed by atoms with E-state index in [-0.39, 0.29) is 24.4 Å². The molecule has 1 fully saturated rings. The van der Waals surface area contributed by atoms with E-state index in [1.54, 1.807) is 35.4 Å². The molecule has 0 bridgehead atoms. The number of oxazole rings is 1. The summed E-state index contributed by atoms with van der Waals surface area (Å²) in [6.07, 6.45) is 5.04. The van der Waals surface area contributed by atoms with Crippen LogP contribution in [0.4, 0.5) is 0 Å². The van der Waals surface area contributed by atoms with Crippen molar-refractivity contribution in [1.82, 2.24) is 15.2 Å². The van der Waals surface area contributed by atoms with Crippen LogP contribution in [-0.2, 0) is 11.2 Å². The molecule has 1 atom stereocenters. The molecular weight excluding hydrogens is 414 g/mol. The van der Waals surface area contributed by atoms with Gasteiger partial charge in [-0.3, -0.25) is 9.59 Å². The molecule has 1 aliphatic rings. The van der Waals surface area contributed by atoms with E-state index < -0.39 is 0 Å². The summed E-state index contributed by atoms with van der Waals surface area (Å²) in [6.45, 7) is 0.572. The van der Waals surface area contributed by atoms with E-state index in [2.05, 4.69) is 10.3 Å². The number of aromatic nitrogens is 1. The first kappa shape index (κ1) is 21.1. The van der Waals surface area contributed by atoms with Crippen LogP contribution in [0.3, 0.4) is 0 Å². The van der Waals surface area contributed by atoms with E-state index >= 15 is 0 Å². The number of carbonyl (C=O) groups is 2. The molecule has 31 heavy (non-hydrogen) atoms. The van der Waals surface area contributed by atoms with E-state index in [0.717, 1.165) is 30.6 Å². The maximum Gasteiger partial charge on any atom is 0.251 e. The van der Waals surface area contributed by atoms with Crippen molar-refractivity contribution in [3.63, 3.8) is 0 Å². The topological polar surface area (TPSA) is 75.4 Å². The van der Waals surface area contributed by atoms with Crippen LogP contribution in [0.15, 0.2) is 65.2 Å². The van der Waals surface area contributed by atoms with Crippen LogP contribution < -0.4 is 5.32 Å². The van der Waals surface area contributed by atoms with Crippen LogP contribution in [0.25, 0.3) is 0 Å². The van der Waals surface area contributed by atoms with Crippen LogP contribution >= 0.6 is 11.6 Å². The molecule has 2 amide bonds. The minimum absolute atomic E-state index is 0.0530. The largest absolute Gasteiger partial charge is 0.443 e. The summed E-state index contributed by atoms with van der Waals surface area (Å²) >= 11 is 5.95. The molecule has 0 unspecified atom stereocenters. The van der Waals surface area contributed by atoms with Crippen LogP contribution in [0.5, 0.6) is 0 Å². The quantitative estimate of drug-likeness (QED) is 0.620. The third-order valence-electron chi connectivity index (χ3n) is 5.41. The summed E-state index contributed by atoms with van der Waals surface area (Å²) in [4.78, 5) is 31.4. The third-order valence-corrected chi connectivity index (χ3v) is 5.66. The zero-order chi connectivity index (χ0) is 21.6. The molecule has 3 aromatic rings. The summed E-state index contributed by atoms with van der Waals surface area (Å²) in [7, 11) is 0. The van der Waals surface area contributed by atoms with Gasteiger partial charge in [0.1, 0.15) is 11.8 Å². The Morgan fingerprint density at radius 2 is 1.87 bits per heavy atom. The van der Waals surface area contributed by atoms with E-state index in [1.165, 1.54) is 0 Å². The van der Waals surface area contributed by atoms with E-state index in [4.69, 9.17) is 16.0 Å². The van der Waals surface area contributed by atoms with Crippen molar-refractivity contribution in [2.75, 3.05) is 13.1 Å². The van der Waals surface area contributed by atoms with E-state index in [0.29, 0.717) is 29.4 Å². The third kappa shape index (κ3) is 5.33. The van der Waals surface area contributed by atoms with Crippen molar-refractivity contribution in [2.45, 2.75) is 31.7 Å². The maximum absolute atomic E-state index is 12.9. The van der Waals surface area contributed by atoms with Crippen LogP contribution in [-0.4, -0.2) is 34.8 Å². The SMILES string of the molecule is O=C(NCC(=O)N1CCCC[C@@H]1c1ncc(Cc2ccc(Cl)cc2)o1)c1ccccc1. The number of rotatable bonds is 6. The van der Waals surface area contributed by atoms with Gasteiger partial charge in [-0.25, -0.2) is 4.98 Å². The number of nitrogens with zero attached hydrogens (tertiary/aromatic N) is 2. The number of halogens is 1. The van der Waals surface area contributed by atoms with Crippen molar-refractivity contribution in [3.05, 3.63) is 88.6 Å². The Bertz CT molecular complexity index is 1030. The van der Waals surface area contributed by atoms with Crippen LogP contribution in [0, 0.1) is 0 Å². The molecule has 0 radical (unpaired) electrons. The van der Waals surface area contributed by atoms with Gasteiger partial charge in [0.05, 0.1) is 12.7 Å². The van der Waals surface area contributed by atoms with Gasteiger partial charge < -0.3 is 14.6 Å². The molecule has 4 rings (SSSR count). The molecule has 1 saturated heterocycles. The molecule has 6 nitrogen and oxygen atoms in total. The van der Waals surface area contributed by atoms with Gasteiger partial charge in [-0.2, -0.15) is 0 Å². The molecule has 7 heteroatoms. The molecule has 2 aromatic carbocycles. The lowest BCUT2D eigenvalue weighted by Gasteiger charge is -2.33. The van der Waals surface area contributed by atoms with Gasteiger partial charge in [0.2, 0.25) is 11.8 Å². The highest BCUT2D eigenvalue weighted by Crippen LogP contribution is 2.31. The van der Waals surface area contributed by atoms with Gasteiger partial charge in [0, 0.05) is 23.6 Å². The lowest BCUT2D eigenvalue weighted by Crippen LogP contribution is -2.44. The second kappa shape index (κ2) is 9.79. The van der Waals surface area contributed by atoms with Crippen molar-refractivity contribution in [1.29, 1.82) is 0 Å². The molecule has 2 heterocycles. The molecule has 1 aromatic heterocycles. The highest BCUT2D eigenvalue weighted by molar-refractivity contribution is 6.30. The molecule has 1 aliphatic heterocycles. The molecule has 0 aliphatic carbocycles. The highest BCUT2D eigenvalue weighted by atomic mass is 35.5. The summed E-state index contributed by atoms with van der Waals surface area (Å²) in [6, 6.07) is 16.3. The zero-order valence-corrected chi connectivity index (χ0v) is 17.8. The first-order chi connectivity index (χ1) is 15.1. The fraction of sp³-hybridized carbons (Fsp3) is 0.292. The average molecular weight is 438 g/mol. The standard InChI is InChI=1S/C24H24ClN3O3/c25-19-11-9-17(10-12-19)14-20-15-27-24(31-20)21-8-4-5-13-28(21)22(29)16-26-23(30)18-6-2-1-3-7-18/h1-3,6-7,9-12,15,21H,4-5,8,13-14,16H2,(H,26,30)/t21-/m1/s1. The Morgan fingerprint density at radius 1 is 1.10 bits per heavy atom. The maximum atomic E-state index is 12.9. The first-order valence-electron chi connectivity index (χ1n) is 10.4. The second-order valence-corrected chi connectivity index (χ2v) is 8.05. The van der Waals surface area contributed by atoms with Gasteiger partial charge in [0.15, 0.2) is 0 Å². The minimum atomic E-state index is -0.260. The van der Waals surface area contributed by atoms with E-state index in [9.17, 15) is 9.59 Å². The van der Waals surface area contributed by atoms with Gasteiger partial charge in [-0.15, -0.1) is 0 Å². The molecule has 0 spiro atoms. The van der Waals surface area contributed by atoms with Gasteiger partial charge >= 0.3 is 0 Å². The van der Waals surface area contributed by atoms with E-state index in [1.807, 2.05) is 30.3 Å². The fourth-order valence-electron chi connectivity index (χ4n) is 3.80. The smallest absolute Gasteiger partial charge is 0.251 e. The number of benzene rings is 2. The number of amides is 2. The normalized spacial score (nSPS) is 16.2. The first-order valence-corrected chi connectivity index (χ1v) is 10.8. The highest BCUT2D eigenvalue weighted by Gasteiger charge is 2.31. The van der Waals surface area contributed by atoms with Crippen molar-refractivity contribution in [2.24, 2.45) is 0 Å². The number of carbonyl (C=O) groups excluding carboxylic acids is 2. The Hall–Kier alpha value is -3.12. The summed E-state index contributed by atoms with van der Waals surface area (Å²) in [5, 5.41) is 3.41. The van der Waals surface area contributed by atoms with Gasteiger partial charge in [-0.05, 0) is 49.1 Å². The summed E-state index contributed by atoms with van der Waals surface area (Å²) in [5.41, 5.74) is 1.61. The number of nitrogens with one attached hydrogen (secondary N) is 1. The second-order valence-electron chi connectivity index (χ2n) is 7.62. The molecule has 0 saturated carbocycles. The lowest BCUT2D eigenvalue weighted by molar-refractivity contribution is -0.134. The Morgan fingerprint density at radius 3 is 2.65 bits per heavy atom. The molecule has 160 valence electrons. The number of hydrogen-bond acceptors (Lipinski definition) is 4. The average Bonchev–Trinajstić information content (AvgIpc) is 3.27. The van der Waals surface area contributed by atoms with Crippen LogP contribution in [0.1, 0.15) is 52.9 Å². The van der Waals surface area contributed by atoms with Gasteiger partial charge in [-0.1, -0.05) is 41.9 Å². The molecular formula is C24H24ClN3O3. The summed E-state index contributed by atoms with van der Waals surface area (Å²) < 4.78 is 6.01. The number of likely N-dealkylation sites (tertiary alicyclic amines) is 1. The van der Waals surface area contributed by atoms with Crippen molar-refractivity contribution in [3.8, 4) is 0 Å². The summed E-state index contributed by atoms with van der Waals surface area (Å²) in [5.74, 6) is 0.898. The number of piperidine rings is 1. The monoisotopic (exact) mass is 437 g/mol. The van der Waals surface area contributed by atoms with Gasteiger partial charge in [0.25, 0.3) is 5.91 Å². The van der Waals surface area contributed by atoms with Crippen molar-refractivity contribution < 1.29 is 14.0 Å². The Labute approximate surface area is 186 Å². The zero-order valence-electron chi connectivity index (χ0n) is 17.1. The fourth-order valence-corrected chi connectivity index (χ4v) is 3.92. The Balaban J connectivity index is 1.40. The van der Waals surface area contributed by atoms with Crippen LogP contribution in [0.2, 0.25) is 5.02 Å². The Kier molecular flexibility index (Phi) is 6.67. The predicted octanol–water partition coefficient (Wildman–Crippen LogP) is 4.40. The predicted molar refractivity (Wildman–Crippen MR) is 118 cm³/mol. The van der Waals surface area contributed by atoms with Crippen molar-refractivity contribution >= 4 is 23.4 Å². The number of hydrogen-bond donors (Lipinski definition) is 1.